The zero-order valence-electron chi connectivity index (χ0n) is 12.5. The van der Waals surface area contributed by atoms with Crippen LogP contribution >= 0.6 is 11.8 Å². The topological polar surface area (TPSA) is 107 Å². The molecule has 1 aromatic carbocycles. The molecule has 0 aliphatic heterocycles. The maximum absolute atomic E-state index is 12.4. The first-order valence-corrected chi connectivity index (χ1v) is 7.80. The number of hydrogen-bond acceptors (Lipinski definition) is 6. The fourth-order valence-corrected chi connectivity index (χ4v) is 2.73. The number of thioether (sulfide) groups is 1. The van der Waals surface area contributed by atoms with E-state index >= 15 is 0 Å². The van der Waals surface area contributed by atoms with E-state index in [1.807, 2.05) is 38.1 Å². The molecule has 6 nitrogen and oxygen atoms in total. The Labute approximate surface area is 133 Å². The summed E-state index contributed by atoms with van der Waals surface area (Å²) >= 11 is 1.25. The van der Waals surface area contributed by atoms with Crippen molar-refractivity contribution in [2.24, 2.45) is 0 Å². The molecule has 1 aromatic heterocycles. The van der Waals surface area contributed by atoms with E-state index in [9.17, 15) is 4.79 Å². The van der Waals surface area contributed by atoms with Gasteiger partial charge in [0.1, 0.15) is 11.6 Å². The van der Waals surface area contributed by atoms with E-state index in [1.54, 1.807) is 0 Å². The van der Waals surface area contributed by atoms with E-state index in [1.165, 1.54) is 17.8 Å². The third kappa shape index (κ3) is 4.36. The Morgan fingerprint density at radius 2 is 1.82 bits per heavy atom. The van der Waals surface area contributed by atoms with E-state index in [-0.39, 0.29) is 11.2 Å². The van der Waals surface area contributed by atoms with Crippen LogP contribution in [-0.2, 0) is 4.79 Å². The van der Waals surface area contributed by atoms with E-state index in [4.69, 9.17) is 11.5 Å². The number of hydrogen-bond donors (Lipinski definition) is 3. The lowest BCUT2D eigenvalue weighted by Crippen LogP contribution is -2.24. The zero-order valence-corrected chi connectivity index (χ0v) is 13.4. The van der Waals surface area contributed by atoms with Crippen molar-refractivity contribution >= 4 is 35.0 Å². The monoisotopic (exact) mass is 317 g/mol. The molecular weight excluding hydrogens is 298 g/mol. The van der Waals surface area contributed by atoms with E-state index in [0.29, 0.717) is 23.2 Å². The molecule has 1 heterocycles. The number of anilines is 3. The average molecular weight is 317 g/mol. The van der Waals surface area contributed by atoms with Crippen LogP contribution in [0.1, 0.15) is 18.9 Å². The molecule has 0 bridgehead atoms. The minimum atomic E-state index is -0.317. The van der Waals surface area contributed by atoms with Crippen LogP contribution in [0.25, 0.3) is 0 Å². The van der Waals surface area contributed by atoms with Crippen molar-refractivity contribution in [1.29, 1.82) is 0 Å². The zero-order chi connectivity index (χ0) is 16.1. The van der Waals surface area contributed by atoms with E-state index in [2.05, 4.69) is 15.3 Å². The van der Waals surface area contributed by atoms with Gasteiger partial charge in [-0.2, -0.15) is 0 Å². The van der Waals surface area contributed by atoms with Gasteiger partial charge in [-0.05, 0) is 25.5 Å². The highest BCUT2D eigenvalue weighted by Crippen LogP contribution is 2.25. The van der Waals surface area contributed by atoms with Gasteiger partial charge in [0.25, 0.3) is 0 Å². The predicted molar refractivity (Wildman–Crippen MR) is 90.6 cm³/mol. The van der Waals surface area contributed by atoms with Gasteiger partial charge in [0.15, 0.2) is 5.16 Å². The minimum absolute atomic E-state index is 0.0963. The van der Waals surface area contributed by atoms with Crippen molar-refractivity contribution in [1.82, 2.24) is 9.97 Å². The third-order valence-corrected chi connectivity index (χ3v) is 4.20. The maximum Gasteiger partial charge on any atom is 0.237 e. The van der Waals surface area contributed by atoms with Gasteiger partial charge >= 0.3 is 0 Å². The summed E-state index contributed by atoms with van der Waals surface area (Å²) < 4.78 is 0. The van der Waals surface area contributed by atoms with Gasteiger partial charge in [0.05, 0.1) is 5.25 Å². The lowest BCUT2D eigenvalue weighted by atomic mass is 10.2. The Hall–Kier alpha value is -2.28. The number of aryl methyl sites for hydroxylation is 1. The van der Waals surface area contributed by atoms with Crippen molar-refractivity contribution in [3.63, 3.8) is 0 Å². The van der Waals surface area contributed by atoms with Crippen LogP contribution in [0.3, 0.4) is 0 Å². The number of carbonyl (C=O) groups is 1. The molecule has 1 unspecified atom stereocenters. The van der Waals surface area contributed by atoms with Gasteiger partial charge in [0.2, 0.25) is 5.91 Å². The fraction of sp³-hybridized carbons (Fsp3) is 0.267. The van der Waals surface area contributed by atoms with Crippen LogP contribution in [0.5, 0.6) is 0 Å². The summed E-state index contributed by atoms with van der Waals surface area (Å²) in [6, 6.07) is 9.13. The molecule has 116 valence electrons. The Balaban J connectivity index is 2.06. The molecule has 2 aromatic rings. The smallest absolute Gasteiger partial charge is 0.237 e. The Kier molecular flexibility index (Phi) is 5.21. The van der Waals surface area contributed by atoms with Gasteiger partial charge < -0.3 is 16.8 Å². The number of nitrogens with zero attached hydrogens (tertiary/aromatic N) is 2. The van der Waals surface area contributed by atoms with E-state index < -0.39 is 0 Å². The van der Waals surface area contributed by atoms with Crippen molar-refractivity contribution in [3.8, 4) is 0 Å². The molecule has 2 rings (SSSR count). The molecule has 1 atom stereocenters. The SMILES string of the molecule is CCC(Sc1nc(N)cc(N)n1)C(=O)Nc1ccc(C)cc1. The van der Waals surface area contributed by atoms with Gasteiger partial charge in [-0.1, -0.05) is 36.4 Å². The molecule has 0 saturated heterocycles. The molecule has 5 N–H and O–H groups in total. The molecule has 0 saturated carbocycles. The lowest BCUT2D eigenvalue weighted by Gasteiger charge is -2.14. The fourth-order valence-electron chi connectivity index (χ4n) is 1.82. The van der Waals surface area contributed by atoms with Crippen molar-refractivity contribution in [2.45, 2.75) is 30.7 Å². The third-order valence-electron chi connectivity index (χ3n) is 2.98. The summed E-state index contributed by atoms with van der Waals surface area (Å²) in [4.78, 5) is 20.5. The first kappa shape index (κ1) is 16.1. The largest absolute Gasteiger partial charge is 0.383 e. The quantitative estimate of drug-likeness (QED) is 0.577. The summed E-state index contributed by atoms with van der Waals surface area (Å²) in [5.41, 5.74) is 13.2. The first-order valence-electron chi connectivity index (χ1n) is 6.92. The second-order valence-corrected chi connectivity index (χ2v) is 6.04. The summed E-state index contributed by atoms with van der Waals surface area (Å²) in [5.74, 6) is 0.494. The minimum Gasteiger partial charge on any atom is -0.383 e. The summed E-state index contributed by atoms with van der Waals surface area (Å²) in [6.45, 7) is 3.93. The number of nitrogens with one attached hydrogen (secondary N) is 1. The van der Waals surface area contributed by atoms with Crippen LogP contribution < -0.4 is 16.8 Å². The van der Waals surface area contributed by atoms with Crippen molar-refractivity contribution in [2.75, 3.05) is 16.8 Å². The molecule has 7 heteroatoms. The standard InChI is InChI=1S/C15H19N5OS/c1-3-11(22-15-19-12(16)8-13(17)20-15)14(21)18-10-6-4-9(2)5-7-10/h4-8,11H,3H2,1-2H3,(H,18,21)(H4,16,17,19,20). The first-order chi connectivity index (χ1) is 10.5. The van der Waals surface area contributed by atoms with Gasteiger partial charge in [0, 0.05) is 11.8 Å². The Morgan fingerprint density at radius 3 is 2.36 bits per heavy atom. The van der Waals surface area contributed by atoms with Crippen LogP contribution in [0.4, 0.5) is 17.3 Å². The number of aromatic nitrogens is 2. The molecular formula is C15H19N5OS. The summed E-state index contributed by atoms with van der Waals surface area (Å²) in [7, 11) is 0. The van der Waals surface area contributed by atoms with Crippen molar-refractivity contribution in [3.05, 3.63) is 35.9 Å². The van der Waals surface area contributed by atoms with Gasteiger partial charge in [-0.15, -0.1) is 0 Å². The highest BCUT2D eigenvalue weighted by atomic mass is 32.2. The highest BCUT2D eigenvalue weighted by Gasteiger charge is 2.20. The van der Waals surface area contributed by atoms with Gasteiger partial charge in [-0.25, -0.2) is 9.97 Å². The number of carbonyl (C=O) groups excluding carboxylic acids is 1. The summed E-state index contributed by atoms with van der Waals surface area (Å²) in [6.07, 6.45) is 0.639. The Morgan fingerprint density at radius 1 is 1.23 bits per heavy atom. The van der Waals surface area contributed by atoms with E-state index in [0.717, 1.165) is 11.3 Å². The number of rotatable bonds is 5. The normalized spacial score (nSPS) is 11.9. The lowest BCUT2D eigenvalue weighted by molar-refractivity contribution is -0.115. The van der Waals surface area contributed by atoms with Crippen LogP contribution in [-0.4, -0.2) is 21.1 Å². The molecule has 0 fully saturated rings. The molecule has 0 spiro atoms. The molecule has 1 amide bonds. The van der Waals surface area contributed by atoms with Crippen LogP contribution in [0.15, 0.2) is 35.5 Å². The van der Waals surface area contributed by atoms with Crippen LogP contribution in [0, 0.1) is 6.92 Å². The second kappa shape index (κ2) is 7.13. The average Bonchev–Trinajstić information content (AvgIpc) is 2.46. The Bertz CT molecular complexity index is 639. The highest BCUT2D eigenvalue weighted by molar-refractivity contribution is 8.00. The summed E-state index contributed by atoms with van der Waals surface area (Å²) in [5, 5.41) is 2.98. The van der Waals surface area contributed by atoms with Crippen molar-refractivity contribution < 1.29 is 4.79 Å². The predicted octanol–water partition coefficient (Wildman–Crippen LogP) is 2.46. The maximum atomic E-state index is 12.4. The molecule has 0 radical (unpaired) electrons. The van der Waals surface area contributed by atoms with Crippen LogP contribution in [0.2, 0.25) is 0 Å². The molecule has 0 aliphatic rings. The number of amides is 1. The number of nitrogens with two attached hydrogens (primary N) is 2. The second-order valence-electron chi connectivity index (χ2n) is 4.87. The molecule has 0 aliphatic carbocycles. The van der Waals surface area contributed by atoms with Gasteiger partial charge in [-0.3, -0.25) is 4.79 Å². The number of nitrogen functional groups attached to an aromatic ring is 2. The number of benzene rings is 1. The molecule has 22 heavy (non-hydrogen) atoms.